The number of aromatic hydroxyl groups is 1. The Morgan fingerprint density at radius 1 is 0.972 bits per heavy atom. The molecule has 3 rings (SSSR count). The fraction of sp³-hybridized carbons (Fsp3) is 0.0800. The minimum absolute atomic E-state index is 0.115. The number of methoxy groups -OCH3 is 2. The third kappa shape index (κ3) is 6.44. The van der Waals surface area contributed by atoms with Crippen molar-refractivity contribution >= 4 is 29.8 Å². The molecule has 184 valence electrons. The van der Waals surface area contributed by atoms with E-state index in [2.05, 4.69) is 15.8 Å². The second-order valence-corrected chi connectivity index (χ2v) is 7.20. The topological polar surface area (TPSA) is 152 Å². The number of hydrogen-bond donors (Lipinski definition) is 3. The Bertz CT molecular complexity index is 1290. The lowest BCUT2D eigenvalue weighted by molar-refractivity contribution is -0.384. The third-order valence-electron chi connectivity index (χ3n) is 4.83. The van der Waals surface area contributed by atoms with Crippen molar-refractivity contribution in [3.8, 4) is 17.2 Å². The lowest BCUT2D eigenvalue weighted by Gasteiger charge is -2.10. The van der Waals surface area contributed by atoms with Gasteiger partial charge in [-0.25, -0.2) is 5.43 Å². The second kappa shape index (κ2) is 11.8. The van der Waals surface area contributed by atoms with Gasteiger partial charge in [0.1, 0.15) is 5.70 Å². The number of non-ortho nitro benzene ring substituents is 1. The summed E-state index contributed by atoms with van der Waals surface area (Å²) >= 11 is 0. The number of nitro benzene ring substituents is 1. The highest BCUT2D eigenvalue weighted by Crippen LogP contribution is 2.36. The predicted molar refractivity (Wildman–Crippen MR) is 132 cm³/mol. The Balaban J connectivity index is 1.85. The van der Waals surface area contributed by atoms with E-state index in [0.717, 1.165) is 0 Å². The average molecular weight is 490 g/mol. The molecular weight excluding hydrogens is 468 g/mol. The van der Waals surface area contributed by atoms with E-state index in [4.69, 9.17) is 9.47 Å². The number of ether oxygens (including phenoxy) is 2. The largest absolute Gasteiger partial charge is 0.502 e. The zero-order chi connectivity index (χ0) is 26.1. The van der Waals surface area contributed by atoms with Gasteiger partial charge >= 0.3 is 0 Å². The fourth-order valence-electron chi connectivity index (χ4n) is 3.02. The van der Waals surface area contributed by atoms with Crippen LogP contribution in [-0.2, 0) is 4.79 Å². The van der Waals surface area contributed by atoms with Crippen LogP contribution in [0.5, 0.6) is 17.2 Å². The smallest absolute Gasteiger partial charge is 0.287 e. The molecule has 0 aliphatic heterocycles. The van der Waals surface area contributed by atoms with Crippen LogP contribution in [0.3, 0.4) is 0 Å². The maximum Gasteiger partial charge on any atom is 0.287 e. The molecule has 36 heavy (non-hydrogen) atoms. The Labute approximate surface area is 205 Å². The van der Waals surface area contributed by atoms with E-state index in [1.54, 1.807) is 30.3 Å². The first-order chi connectivity index (χ1) is 17.3. The highest BCUT2D eigenvalue weighted by Gasteiger charge is 2.15. The number of carbonyl (C=O) groups is 2. The lowest BCUT2D eigenvalue weighted by Crippen LogP contribution is -2.32. The third-order valence-corrected chi connectivity index (χ3v) is 4.83. The summed E-state index contributed by atoms with van der Waals surface area (Å²) < 4.78 is 10.2. The van der Waals surface area contributed by atoms with Gasteiger partial charge in [0, 0.05) is 23.3 Å². The monoisotopic (exact) mass is 490 g/mol. The molecule has 0 fully saturated rings. The van der Waals surface area contributed by atoms with E-state index < -0.39 is 16.7 Å². The quantitative estimate of drug-likeness (QED) is 0.180. The number of hydrogen-bond acceptors (Lipinski definition) is 8. The van der Waals surface area contributed by atoms with Crippen LogP contribution in [0.4, 0.5) is 5.69 Å². The number of nitrogens with one attached hydrogen (secondary N) is 2. The normalized spacial score (nSPS) is 11.1. The van der Waals surface area contributed by atoms with Crippen molar-refractivity contribution in [3.63, 3.8) is 0 Å². The van der Waals surface area contributed by atoms with Gasteiger partial charge in [-0.3, -0.25) is 19.7 Å². The van der Waals surface area contributed by atoms with Crippen LogP contribution in [0.2, 0.25) is 0 Å². The number of benzene rings is 3. The van der Waals surface area contributed by atoms with Crippen molar-refractivity contribution in [1.29, 1.82) is 0 Å². The fourth-order valence-corrected chi connectivity index (χ4v) is 3.02. The van der Waals surface area contributed by atoms with E-state index in [1.807, 2.05) is 0 Å². The van der Waals surface area contributed by atoms with Gasteiger partial charge in [0.25, 0.3) is 17.5 Å². The minimum Gasteiger partial charge on any atom is -0.502 e. The molecule has 0 aromatic heterocycles. The van der Waals surface area contributed by atoms with Crippen molar-refractivity contribution < 1.29 is 29.1 Å². The molecular formula is C25H22N4O7. The van der Waals surface area contributed by atoms with Gasteiger partial charge in [0.05, 0.1) is 25.4 Å². The number of phenolic OH excluding ortho intramolecular Hbond substituents is 1. The maximum absolute atomic E-state index is 12.9. The van der Waals surface area contributed by atoms with Crippen LogP contribution >= 0.6 is 0 Å². The van der Waals surface area contributed by atoms with E-state index in [1.165, 1.54) is 62.9 Å². The molecule has 11 heteroatoms. The van der Waals surface area contributed by atoms with E-state index in [-0.39, 0.29) is 28.6 Å². The SMILES string of the molecule is COc1cc(/C=N/NC(=O)/C(=C/c2ccc([N+](=O)[O-])cc2)NC(=O)c2ccccc2)cc(OC)c1O. The Morgan fingerprint density at radius 2 is 1.58 bits per heavy atom. The van der Waals surface area contributed by atoms with Crippen molar-refractivity contribution in [2.45, 2.75) is 0 Å². The highest BCUT2D eigenvalue weighted by atomic mass is 16.6. The number of rotatable bonds is 9. The van der Waals surface area contributed by atoms with Crippen molar-refractivity contribution in [2.75, 3.05) is 14.2 Å². The molecule has 0 aliphatic carbocycles. The first-order valence-corrected chi connectivity index (χ1v) is 10.4. The maximum atomic E-state index is 12.9. The van der Waals surface area contributed by atoms with Crippen LogP contribution in [0.1, 0.15) is 21.5 Å². The Morgan fingerprint density at radius 3 is 2.14 bits per heavy atom. The number of carbonyl (C=O) groups excluding carboxylic acids is 2. The van der Waals surface area contributed by atoms with E-state index >= 15 is 0 Å². The molecule has 2 amide bonds. The second-order valence-electron chi connectivity index (χ2n) is 7.20. The van der Waals surface area contributed by atoms with E-state index in [0.29, 0.717) is 16.7 Å². The summed E-state index contributed by atoms with van der Waals surface area (Å²) in [5.41, 5.74) is 3.29. The Hall–Kier alpha value is -5.19. The summed E-state index contributed by atoms with van der Waals surface area (Å²) in [6.45, 7) is 0. The molecule has 0 radical (unpaired) electrons. The molecule has 0 atom stereocenters. The molecule has 3 N–H and O–H groups in total. The molecule has 0 heterocycles. The molecule has 11 nitrogen and oxygen atoms in total. The summed E-state index contributed by atoms with van der Waals surface area (Å²) in [4.78, 5) is 35.9. The van der Waals surface area contributed by atoms with Crippen LogP contribution in [-0.4, -0.2) is 42.3 Å². The molecule has 3 aromatic rings. The van der Waals surface area contributed by atoms with Gasteiger partial charge in [0.2, 0.25) is 5.75 Å². The molecule has 0 bridgehead atoms. The molecule has 3 aromatic carbocycles. The first-order valence-electron chi connectivity index (χ1n) is 10.4. The standard InChI is InChI=1S/C25H22N4O7/c1-35-21-13-17(14-22(36-2)23(21)30)15-26-28-25(32)20(27-24(31)18-6-4-3-5-7-18)12-16-8-10-19(11-9-16)29(33)34/h3-15,30H,1-2H3,(H,27,31)(H,28,32)/b20-12-,26-15+. The minimum atomic E-state index is -0.744. The van der Waals surface area contributed by atoms with Gasteiger partial charge in [-0.15, -0.1) is 0 Å². The van der Waals surface area contributed by atoms with Gasteiger partial charge < -0.3 is 19.9 Å². The molecule has 0 unspecified atom stereocenters. The van der Waals surface area contributed by atoms with Crippen LogP contribution in [0.25, 0.3) is 6.08 Å². The number of amides is 2. The summed E-state index contributed by atoms with van der Waals surface area (Å²) in [5.74, 6) is -1.16. The van der Waals surface area contributed by atoms with Crippen LogP contribution < -0.4 is 20.2 Å². The van der Waals surface area contributed by atoms with Crippen molar-refractivity contribution in [3.05, 3.63) is 99.2 Å². The van der Waals surface area contributed by atoms with Crippen molar-refractivity contribution in [2.24, 2.45) is 5.10 Å². The summed E-state index contributed by atoms with van der Waals surface area (Å²) in [7, 11) is 2.75. The summed E-state index contributed by atoms with van der Waals surface area (Å²) in [5, 5.41) is 27.4. The first kappa shape index (κ1) is 25.4. The van der Waals surface area contributed by atoms with Gasteiger partial charge in [-0.2, -0.15) is 5.10 Å². The number of nitrogens with zero attached hydrogens (tertiary/aromatic N) is 2. The predicted octanol–water partition coefficient (Wildman–Crippen LogP) is 3.24. The van der Waals surface area contributed by atoms with Crippen molar-refractivity contribution in [1.82, 2.24) is 10.7 Å². The zero-order valence-electron chi connectivity index (χ0n) is 19.3. The molecule has 0 spiro atoms. The van der Waals surface area contributed by atoms with Gasteiger partial charge in [0.15, 0.2) is 11.5 Å². The van der Waals surface area contributed by atoms with Gasteiger partial charge in [-0.05, 0) is 48.0 Å². The molecule has 0 saturated carbocycles. The van der Waals surface area contributed by atoms with Crippen LogP contribution in [0, 0.1) is 10.1 Å². The Kier molecular flexibility index (Phi) is 8.33. The number of nitro groups is 1. The molecule has 0 saturated heterocycles. The van der Waals surface area contributed by atoms with Crippen LogP contribution in [0.15, 0.2) is 77.5 Å². The zero-order valence-corrected chi connectivity index (χ0v) is 19.3. The number of hydrazone groups is 1. The average Bonchev–Trinajstić information content (AvgIpc) is 2.89. The summed E-state index contributed by atoms with van der Waals surface area (Å²) in [6.07, 6.45) is 2.66. The lowest BCUT2D eigenvalue weighted by atomic mass is 10.1. The number of phenols is 1. The summed E-state index contributed by atoms with van der Waals surface area (Å²) in [6, 6.07) is 16.7. The molecule has 0 aliphatic rings. The van der Waals surface area contributed by atoms with E-state index in [9.17, 15) is 24.8 Å². The highest BCUT2D eigenvalue weighted by molar-refractivity contribution is 6.05. The van der Waals surface area contributed by atoms with Gasteiger partial charge in [-0.1, -0.05) is 18.2 Å².